The standard InChI is InChI=1S/C24H31F3N4O3.C2HF3O2/c1-4-23(5-2)11-19(32)31(22(28)30-23)12-15-13(3)20(15)21(33)29-16-10-18(24(25,26)27)34-17-9-7-6-8-14(16)17;3-2(4,5)1(6)7/h6-9,13,15-16,18,20H,4-5,10-12H2,1-3H3,(H2,28,30)(H,29,33);(H,6,7)/t13?,15?,16-,18+,20?;/m0./s1. The summed E-state index contributed by atoms with van der Waals surface area (Å²) in [6.07, 6.45) is -10.3. The van der Waals surface area contributed by atoms with Gasteiger partial charge in [0, 0.05) is 24.4 Å². The predicted molar refractivity (Wildman–Crippen MR) is 134 cm³/mol. The second-order valence-electron chi connectivity index (χ2n) is 10.4. The highest BCUT2D eigenvalue weighted by Crippen LogP contribution is 2.48. The summed E-state index contributed by atoms with van der Waals surface area (Å²) in [5.41, 5.74) is 6.18. The molecular formula is C26H32F6N4O5. The fourth-order valence-electron chi connectivity index (χ4n) is 5.19. The number of carbonyl (C=O) groups excluding carboxylic acids is 2. The Morgan fingerprint density at radius 1 is 1.17 bits per heavy atom. The summed E-state index contributed by atoms with van der Waals surface area (Å²) < 4.78 is 77.0. The van der Waals surface area contributed by atoms with Crippen molar-refractivity contribution in [3.05, 3.63) is 29.8 Å². The number of benzene rings is 1. The van der Waals surface area contributed by atoms with Gasteiger partial charge in [-0.05, 0) is 30.7 Å². The topological polar surface area (TPSA) is 134 Å². The first kappa shape index (κ1) is 32.0. The first-order valence-corrected chi connectivity index (χ1v) is 13.0. The molecular weight excluding hydrogens is 562 g/mol. The number of carboxylic acid groups (broad SMARTS) is 1. The van der Waals surface area contributed by atoms with Crippen LogP contribution in [0.1, 0.15) is 58.1 Å². The molecule has 9 nitrogen and oxygen atoms in total. The van der Waals surface area contributed by atoms with E-state index in [1.54, 1.807) is 18.2 Å². The van der Waals surface area contributed by atoms with Gasteiger partial charge in [0.1, 0.15) is 5.75 Å². The number of carbonyl (C=O) groups is 3. The van der Waals surface area contributed by atoms with E-state index >= 15 is 0 Å². The number of rotatable bonds is 6. The number of hydrogen-bond donors (Lipinski definition) is 3. The van der Waals surface area contributed by atoms with Crippen LogP contribution < -0.4 is 15.8 Å². The Hall–Kier alpha value is -3.52. The maximum atomic E-state index is 13.4. The second-order valence-corrected chi connectivity index (χ2v) is 10.4. The van der Waals surface area contributed by atoms with Crippen molar-refractivity contribution in [2.24, 2.45) is 28.5 Å². The lowest BCUT2D eigenvalue weighted by Gasteiger charge is -2.36. The molecule has 2 heterocycles. The SMILES string of the molecule is CCC1(CC)CC(=O)N(CC2C(C)C2C(=O)N[C@H]2C[C@H](C(F)(F)F)Oc3ccccc32)C(N)=N1.O=C(O)C(F)(F)F. The maximum absolute atomic E-state index is 13.4. The molecule has 0 saturated heterocycles. The van der Waals surface area contributed by atoms with Crippen molar-refractivity contribution in [3.63, 3.8) is 0 Å². The van der Waals surface area contributed by atoms with Crippen molar-refractivity contribution in [3.8, 4) is 5.75 Å². The molecule has 0 bridgehead atoms. The van der Waals surface area contributed by atoms with Crippen molar-refractivity contribution in [1.29, 1.82) is 0 Å². The maximum Gasteiger partial charge on any atom is 0.490 e. The summed E-state index contributed by atoms with van der Waals surface area (Å²) in [5.74, 6) is -3.47. The molecule has 5 atom stereocenters. The van der Waals surface area contributed by atoms with Crippen LogP contribution in [0.15, 0.2) is 29.3 Å². The Kier molecular flexibility index (Phi) is 9.18. The highest BCUT2D eigenvalue weighted by Gasteiger charge is 2.54. The average molecular weight is 595 g/mol. The molecule has 1 aliphatic carbocycles. The van der Waals surface area contributed by atoms with Gasteiger partial charge in [0.05, 0.1) is 18.0 Å². The van der Waals surface area contributed by atoms with Gasteiger partial charge in [0.15, 0.2) is 12.1 Å². The zero-order chi connectivity index (χ0) is 30.9. The molecule has 0 radical (unpaired) electrons. The summed E-state index contributed by atoms with van der Waals surface area (Å²) in [5, 5.41) is 9.93. The Balaban J connectivity index is 0.000000587. The van der Waals surface area contributed by atoms with Crippen LogP contribution >= 0.6 is 0 Å². The minimum atomic E-state index is -5.08. The number of guanidine groups is 1. The van der Waals surface area contributed by atoms with Crippen LogP contribution in [0.5, 0.6) is 5.75 Å². The van der Waals surface area contributed by atoms with Gasteiger partial charge in [-0.1, -0.05) is 39.0 Å². The number of nitrogens with one attached hydrogen (secondary N) is 1. The molecule has 1 fully saturated rings. The number of hydrogen-bond acceptors (Lipinski definition) is 6. The number of nitrogens with two attached hydrogens (primary N) is 1. The van der Waals surface area contributed by atoms with E-state index in [0.717, 1.165) is 0 Å². The zero-order valence-corrected chi connectivity index (χ0v) is 22.6. The number of aliphatic imine (C=N–C) groups is 1. The van der Waals surface area contributed by atoms with Crippen molar-refractivity contribution in [2.45, 2.75) is 76.5 Å². The molecule has 0 aromatic heterocycles. The minimum absolute atomic E-state index is 0.0295. The largest absolute Gasteiger partial charge is 0.490 e. The Morgan fingerprint density at radius 3 is 2.27 bits per heavy atom. The van der Waals surface area contributed by atoms with Crippen LogP contribution in [0.4, 0.5) is 26.3 Å². The monoisotopic (exact) mass is 594 g/mol. The summed E-state index contributed by atoms with van der Waals surface area (Å²) in [6.45, 7) is 6.12. The molecule has 1 aromatic rings. The van der Waals surface area contributed by atoms with Crippen LogP contribution in [0.25, 0.3) is 0 Å². The van der Waals surface area contributed by atoms with E-state index in [1.165, 1.54) is 11.0 Å². The summed E-state index contributed by atoms with van der Waals surface area (Å²) in [6, 6.07) is 5.64. The smallest absolute Gasteiger partial charge is 0.480 e. The van der Waals surface area contributed by atoms with Gasteiger partial charge in [-0.25, -0.2) is 9.79 Å². The molecule has 1 saturated carbocycles. The van der Waals surface area contributed by atoms with Gasteiger partial charge in [-0.3, -0.25) is 14.5 Å². The summed E-state index contributed by atoms with van der Waals surface area (Å²) >= 11 is 0. The number of halogens is 6. The highest BCUT2D eigenvalue weighted by atomic mass is 19.4. The molecule has 1 aromatic carbocycles. The number of carboxylic acids is 1. The van der Waals surface area contributed by atoms with Crippen LogP contribution in [0.2, 0.25) is 0 Å². The molecule has 228 valence electrons. The fraction of sp³-hybridized carbons (Fsp3) is 0.615. The molecule has 2 aliphatic heterocycles. The predicted octanol–water partition coefficient (Wildman–Crippen LogP) is 4.18. The average Bonchev–Trinajstić information content (AvgIpc) is 3.53. The molecule has 4 rings (SSSR count). The van der Waals surface area contributed by atoms with E-state index in [9.17, 15) is 35.9 Å². The van der Waals surface area contributed by atoms with Crippen LogP contribution in [0.3, 0.4) is 0 Å². The number of ether oxygens (including phenoxy) is 1. The number of aliphatic carboxylic acids is 1. The van der Waals surface area contributed by atoms with Gasteiger partial charge < -0.3 is 20.9 Å². The Labute approximate surface area is 232 Å². The van der Waals surface area contributed by atoms with E-state index in [-0.39, 0.29) is 48.3 Å². The van der Waals surface area contributed by atoms with E-state index in [4.69, 9.17) is 20.4 Å². The van der Waals surface area contributed by atoms with Gasteiger partial charge in [-0.15, -0.1) is 0 Å². The lowest BCUT2D eigenvalue weighted by atomic mass is 9.88. The summed E-state index contributed by atoms with van der Waals surface area (Å²) in [4.78, 5) is 40.8. The molecule has 2 amide bonds. The molecule has 3 aliphatic rings. The van der Waals surface area contributed by atoms with Crippen molar-refractivity contribution in [2.75, 3.05) is 6.54 Å². The van der Waals surface area contributed by atoms with Gasteiger partial charge in [-0.2, -0.15) is 26.3 Å². The third-order valence-electron chi connectivity index (χ3n) is 7.92. The van der Waals surface area contributed by atoms with Crippen LogP contribution in [-0.4, -0.2) is 64.3 Å². The number of nitrogens with zero attached hydrogens (tertiary/aromatic N) is 2. The molecule has 3 unspecified atom stereocenters. The molecule has 41 heavy (non-hydrogen) atoms. The first-order chi connectivity index (χ1) is 18.9. The number of para-hydroxylation sites is 1. The Morgan fingerprint density at radius 2 is 1.76 bits per heavy atom. The fourth-order valence-corrected chi connectivity index (χ4v) is 5.19. The van der Waals surface area contributed by atoms with Crippen molar-refractivity contribution >= 4 is 23.7 Å². The van der Waals surface area contributed by atoms with Crippen LogP contribution in [0, 0.1) is 17.8 Å². The third-order valence-corrected chi connectivity index (χ3v) is 7.92. The van der Waals surface area contributed by atoms with E-state index in [2.05, 4.69) is 10.3 Å². The summed E-state index contributed by atoms with van der Waals surface area (Å²) in [7, 11) is 0. The van der Waals surface area contributed by atoms with Crippen LogP contribution in [-0.2, 0) is 14.4 Å². The Bertz CT molecular complexity index is 1180. The number of alkyl halides is 6. The van der Waals surface area contributed by atoms with Gasteiger partial charge in [0.25, 0.3) is 0 Å². The zero-order valence-electron chi connectivity index (χ0n) is 22.6. The van der Waals surface area contributed by atoms with Crippen molar-refractivity contribution in [1.82, 2.24) is 10.2 Å². The quantitative estimate of drug-likeness (QED) is 0.423. The highest BCUT2D eigenvalue weighted by molar-refractivity contribution is 5.99. The lowest BCUT2D eigenvalue weighted by molar-refractivity contribution is -0.201. The van der Waals surface area contributed by atoms with E-state index in [0.29, 0.717) is 18.4 Å². The minimum Gasteiger partial charge on any atom is -0.480 e. The number of amides is 2. The molecule has 0 spiro atoms. The van der Waals surface area contributed by atoms with E-state index < -0.39 is 48.3 Å². The van der Waals surface area contributed by atoms with E-state index in [1.807, 2.05) is 20.8 Å². The first-order valence-electron chi connectivity index (χ1n) is 13.0. The van der Waals surface area contributed by atoms with Gasteiger partial charge >= 0.3 is 18.3 Å². The second kappa shape index (κ2) is 11.8. The van der Waals surface area contributed by atoms with Crippen molar-refractivity contribution < 1.29 is 50.6 Å². The molecule has 15 heteroatoms. The normalized spacial score (nSPS) is 27.0. The lowest BCUT2D eigenvalue weighted by Crippen LogP contribution is -2.52. The number of fused-ring (bicyclic) bond motifs is 1. The van der Waals surface area contributed by atoms with Gasteiger partial charge in [0.2, 0.25) is 11.8 Å². The third kappa shape index (κ3) is 7.22. The molecule has 4 N–H and O–H groups in total.